The summed E-state index contributed by atoms with van der Waals surface area (Å²) in [6.07, 6.45) is 1.53. The van der Waals surface area contributed by atoms with Gasteiger partial charge in [-0.15, -0.1) is 0 Å². The molecule has 4 nitrogen and oxygen atoms in total. The number of hydrazone groups is 1. The molecule has 1 N–H and O–H groups in total. The van der Waals surface area contributed by atoms with Crippen molar-refractivity contribution >= 4 is 15.7 Å². The van der Waals surface area contributed by atoms with Crippen LogP contribution in [0.4, 0.5) is 0 Å². The minimum absolute atomic E-state index is 0.176. The van der Waals surface area contributed by atoms with Crippen LogP contribution in [0.5, 0.6) is 0 Å². The van der Waals surface area contributed by atoms with E-state index in [1.54, 1.807) is 24.3 Å². The second kappa shape index (κ2) is 6.58. The summed E-state index contributed by atoms with van der Waals surface area (Å²) in [5.74, 6) is 0. The van der Waals surface area contributed by atoms with Crippen LogP contribution >= 0.6 is 0 Å². The van der Waals surface area contributed by atoms with Gasteiger partial charge in [0.15, 0.2) is 0 Å². The Morgan fingerprint density at radius 3 is 2.32 bits per heavy atom. The van der Waals surface area contributed by atoms with Crippen LogP contribution in [0.1, 0.15) is 16.7 Å². The predicted octanol–water partition coefficient (Wildman–Crippen LogP) is 3.17. The van der Waals surface area contributed by atoms with E-state index in [4.69, 9.17) is 0 Å². The molecular formula is C17H18N2O2S. The lowest BCUT2D eigenvalue weighted by Crippen LogP contribution is -2.20. The quantitative estimate of drug-likeness (QED) is 0.680. The van der Waals surface area contributed by atoms with Crippen molar-refractivity contribution in [1.29, 1.82) is 0 Å². The van der Waals surface area contributed by atoms with Crippen molar-refractivity contribution in [2.45, 2.75) is 18.7 Å². The zero-order valence-corrected chi connectivity index (χ0v) is 13.4. The maximum atomic E-state index is 12.2. The molecule has 0 heterocycles. The van der Waals surface area contributed by atoms with E-state index in [1.165, 1.54) is 6.08 Å². The number of allylic oxidation sites excluding steroid dienone is 1. The normalized spacial score (nSPS) is 12.0. The second-order valence-corrected chi connectivity index (χ2v) is 6.58. The molecule has 0 aliphatic rings. The Labute approximate surface area is 131 Å². The Morgan fingerprint density at radius 1 is 1.09 bits per heavy atom. The van der Waals surface area contributed by atoms with Crippen molar-refractivity contribution in [2.75, 3.05) is 0 Å². The van der Waals surface area contributed by atoms with Crippen molar-refractivity contribution in [3.05, 3.63) is 77.9 Å². The Hall–Kier alpha value is -2.40. The first-order valence-corrected chi connectivity index (χ1v) is 8.27. The van der Waals surface area contributed by atoms with Crippen LogP contribution in [0.25, 0.3) is 0 Å². The molecule has 2 rings (SSSR count). The second-order valence-electron chi connectivity index (χ2n) is 4.92. The molecule has 0 saturated carbocycles. The molecule has 22 heavy (non-hydrogen) atoms. The molecule has 0 spiro atoms. The van der Waals surface area contributed by atoms with Crippen molar-refractivity contribution in [3.8, 4) is 0 Å². The average Bonchev–Trinajstić information content (AvgIpc) is 2.50. The summed E-state index contributed by atoms with van der Waals surface area (Å²) in [5.41, 5.74) is 3.31. The molecule has 0 radical (unpaired) electrons. The van der Waals surface area contributed by atoms with Gasteiger partial charge in [0.05, 0.1) is 10.6 Å². The summed E-state index contributed by atoms with van der Waals surface area (Å²) in [7, 11) is -3.69. The van der Waals surface area contributed by atoms with E-state index in [1.807, 2.05) is 38.1 Å². The molecule has 2 aromatic rings. The molecule has 0 aliphatic carbocycles. The third-order valence-corrected chi connectivity index (χ3v) is 4.46. The fourth-order valence-electron chi connectivity index (χ4n) is 1.96. The van der Waals surface area contributed by atoms with E-state index in [0.29, 0.717) is 5.71 Å². The smallest absolute Gasteiger partial charge is 0.200 e. The predicted molar refractivity (Wildman–Crippen MR) is 89.4 cm³/mol. The fourth-order valence-corrected chi connectivity index (χ4v) is 2.77. The molecule has 0 saturated heterocycles. The molecular weight excluding hydrogens is 296 g/mol. The van der Waals surface area contributed by atoms with Crippen LogP contribution in [0.3, 0.4) is 0 Å². The van der Waals surface area contributed by atoms with Gasteiger partial charge < -0.3 is 0 Å². The van der Waals surface area contributed by atoms with Gasteiger partial charge in [-0.25, -0.2) is 0 Å². The van der Waals surface area contributed by atoms with Crippen LogP contribution in [-0.4, -0.2) is 14.1 Å². The molecule has 5 heteroatoms. The lowest BCUT2D eigenvalue weighted by molar-refractivity contribution is 0.584. The number of benzene rings is 2. The van der Waals surface area contributed by atoms with E-state index in [-0.39, 0.29) is 4.90 Å². The average molecular weight is 314 g/mol. The van der Waals surface area contributed by atoms with E-state index in [9.17, 15) is 8.42 Å². The number of rotatable bonds is 5. The first-order valence-electron chi connectivity index (χ1n) is 6.78. The highest BCUT2D eigenvalue weighted by Gasteiger charge is 2.13. The molecule has 2 aromatic carbocycles. The largest absolute Gasteiger partial charge is 0.276 e. The minimum Gasteiger partial charge on any atom is -0.200 e. The van der Waals surface area contributed by atoms with E-state index in [0.717, 1.165) is 16.7 Å². The number of nitrogens with one attached hydrogen (secondary N) is 1. The topological polar surface area (TPSA) is 58.5 Å². The molecule has 114 valence electrons. The van der Waals surface area contributed by atoms with Crippen LogP contribution in [0, 0.1) is 13.8 Å². The van der Waals surface area contributed by atoms with Crippen molar-refractivity contribution in [1.82, 2.24) is 4.83 Å². The zero-order chi connectivity index (χ0) is 16.2. The highest BCUT2D eigenvalue weighted by molar-refractivity contribution is 7.89. The van der Waals surface area contributed by atoms with Crippen LogP contribution in [0.15, 0.2) is 71.2 Å². The maximum Gasteiger partial charge on any atom is 0.276 e. The zero-order valence-electron chi connectivity index (χ0n) is 12.6. The van der Waals surface area contributed by atoms with Gasteiger partial charge in [0.25, 0.3) is 10.0 Å². The number of hydrogen-bond donors (Lipinski definition) is 1. The summed E-state index contributed by atoms with van der Waals surface area (Å²) >= 11 is 0. The van der Waals surface area contributed by atoms with E-state index >= 15 is 0 Å². The van der Waals surface area contributed by atoms with Crippen LogP contribution < -0.4 is 4.83 Å². The number of sulfonamides is 1. The fraction of sp³-hybridized carbons (Fsp3) is 0.118. The van der Waals surface area contributed by atoms with E-state index < -0.39 is 10.0 Å². The lowest BCUT2D eigenvalue weighted by atomic mass is 10.0. The minimum atomic E-state index is -3.69. The third-order valence-electron chi connectivity index (χ3n) is 3.23. The maximum absolute atomic E-state index is 12.2. The number of hydrogen-bond acceptors (Lipinski definition) is 3. The Morgan fingerprint density at radius 2 is 1.73 bits per heavy atom. The number of nitrogens with zero attached hydrogens (tertiary/aromatic N) is 1. The summed E-state index contributed by atoms with van der Waals surface area (Å²) in [6, 6.07) is 14.2. The van der Waals surface area contributed by atoms with Gasteiger partial charge in [0, 0.05) is 5.56 Å². The Balaban J connectivity index is 2.30. The van der Waals surface area contributed by atoms with Crippen molar-refractivity contribution in [2.24, 2.45) is 5.10 Å². The summed E-state index contributed by atoms with van der Waals surface area (Å²) in [4.78, 5) is 2.44. The van der Waals surface area contributed by atoms with Gasteiger partial charge in [-0.3, -0.25) is 0 Å². The molecule has 0 atom stereocenters. The molecule has 0 unspecified atom stereocenters. The van der Waals surface area contributed by atoms with Crippen LogP contribution in [0.2, 0.25) is 0 Å². The van der Waals surface area contributed by atoms with Gasteiger partial charge in [-0.05, 0) is 37.6 Å². The first-order chi connectivity index (χ1) is 10.4. The molecule has 0 fully saturated rings. The van der Waals surface area contributed by atoms with Gasteiger partial charge in [0.2, 0.25) is 0 Å². The number of aryl methyl sites for hydroxylation is 2. The van der Waals surface area contributed by atoms with Crippen molar-refractivity contribution < 1.29 is 8.42 Å². The molecule has 0 bridgehead atoms. The first kappa shape index (κ1) is 16.0. The van der Waals surface area contributed by atoms with Gasteiger partial charge >= 0.3 is 0 Å². The van der Waals surface area contributed by atoms with E-state index in [2.05, 4.69) is 16.5 Å². The highest BCUT2D eigenvalue weighted by atomic mass is 32.2. The summed E-state index contributed by atoms with van der Waals surface area (Å²) in [5, 5.41) is 4.00. The van der Waals surface area contributed by atoms with Crippen molar-refractivity contribution in [3.63, 3.8) is 0 Å². The SMILES string of the molecule is C=CC(=NNS(=O)(=O)c1ccc(C)cc1)c1ccccc1C. The standard InChI is InChI=1S/C17H18N2O2S/c1-4-17(16-8-6-5-7-14(16)3)18-19-22(20,21)15-11-9-13(2)10-12-15/h4-12,19H,1H2,2-3H3. The Kier molecular flexibility index (Phi) is 4.78. The summed E-state index contributed by atoms with van der Waals surface area (Å²) in [6.45, 7) is 7.53. The Bertz CT molecular complexity index is 807. The van der Waals surface area contributed by atoms with Gasteiger partial charge in [0.1, 0.15) is 0 Å². The van der Waals surface area contributed by atoms with Crippen LogP contribution in [-0.2, 0) is 10.0 Å². The van der Waals surface area contributed by atoms with Gasteiger partial charge in [-0.1, -0.05) is 48.5 Å². The molecule has 0 amide bonds. The monoisotopic (exact) mass is 314 g/mol. The highest BCUT2D eigenvalue weighted by Crippen LogP contribution is 2.12. The van der Waals surface area contributed by atoms with Gasteiger partial charge in [-0.2, -0.15) is 18.4 Å². The third kappa shape index (κ3) is 3.62. The molecule has 0 aliphatic heterocycles. The summed E-state index contributed by atoms with van der Waals surface area (Å²) < 4.78 is 24.5. The lowest BCUT2D eigenvalue weighted by Gasteiger charge is -2.08. The molecule has 0 aromatic heterocycles.